The third kappa shape index (κ3) is 2.05. The first kappa shape index (κ1) is 11.4. The van der Waals surface area contributed by atoms with Crippen LogP contribution in [0.2, 0.25) is 0 Å². The molecule has 3 heterocycles. The summed E-state index contributed by atoms with van der Waals surface area (Å²) in [6.07, 6.45) is 1.83. The first-order valence-corrected chi connectivity index (χ1v) is 7.31. The van der Waals surface area contributed by atoms with Crippen LogP contribution in [-0.4, -0.2) is 15.0 Å². The summed E-state index contributed by atoms with van der Waals surface area (Å²) in [6, 6.07) is 4.09. The van der Waals surface area contributed by atoms with E-state index in [1.54, 1.807) is 11.3 Å². The summed E-state index contributed by atoms with van der Waals surface area (Å²) in [4.78, 5) is 13.1. The second-order valence-corrected chi connectivity index (χ2v) is 6.93. The average molecular weight is 373 g/mol. The highest BCUT2D eigenvalue weighted by molar-refractivity contribution is 9.13. The Hall–Kier alpha value is -0.720. The van der Waals surface area contributed by atoms with Gasteiger partial charge in [0.1, 0.15) is 0 Å². The number of aromatic amines is 1. The van der Waals surface area contributed by atoms with Gasteiger partial charge in [0.25, 0.3) is 0 Å². The van der Waals surface area contributed by atoms with Crippen molar-refractivity contribution < 1.29 is 0 Å². The van der Waals surface area contributed by atoms with Crippen molar-refractivity contribution >= 4 is 54.4 Å². The number of aromatic nitrogens is 3. The number of hydrogen-bond donors (Lipinski definition) is 1. The van der Waals surface area contributed by atoms with Crippen LogP contribution in [0.15, 0.2) is 26.6 Å². The zero-order chi connectivity index (χ0) is 12.0. The zero-order valence-corrected chi connectivity index (χ0v) is 12.8. The second kappa shape index (κ2) is 4.19. The van der Waals surface area contributed by atoms with E-state index in [0.29, 0.717) is 0 Å². The maximum atomic E-state index is 4.48. The lowest BCUT2D eigenvalue weighted by Gasteiger charge is -1.88. The number of imidazole rings is 1. The summed E-state index contributed by atoms with van der Waals surface area (Å²) in [5.41, 5.74) is 2.85. The molecule has 0 aromatic carbocycles. The van der Waals surface area contributed by atoms with Gasteiger partial charge >= 0.3 is 0 Å². The molecule has 86 valence electrons. The van der Waals surface area contributed by atoms with Gasteiger partial charge in [0.2, 0.25) is 0 Å². The minimum absolute atomic E-state index is 0.756. The van der Waals surface area contributed by atoms with Gasteiger partial charge in [0.15, 0.2) is 11.5 Å². The van der Waals surface area contributed by atoms with Gasteiger partial charge in [0, 0.05) is 10.7 Å². The molecule has 0 aliphatic heterocycles. The number of halogens is 2. The molecule has 3 aromatic heterocycles. The molecule has 0 atom stereocenters. The SMILES string of the molecule is Cc1cnc2nc(-c3cc(Br)c(Br)s3)[nH]c2c1. The minimum atomic E-state index is 0.756. The monoisotopic (exact) mass is 371 g/mol. The Morgan fingerprint density at radius 1 is 1.29 bits per heavy atom. The molecule has 0 aliphatic rings. The number of fused-ring (bicyclic) bond motifs is 1. The highest BCUT2D eigenvalue weighted by Crippen LogP contribution is 2.37. The molecular weight excluding hydrogens is 366 g/mol. The highest BCUT2D eigenvalue weighted by Gasteiger charge is 2.11. The Bertz CT molecular complexity index is 682. The van der Waals surface area contributed by atoms with E-state index in [4.69, 9.17) is 0 Å². The molecule has 3 nitrogen and oxygen atoms in total. The number of aryl methyl sites for hydroxylation is 1. The first-order valence-electron chi connectivity index (χ1n) is 4.91. The fraction of sp³-hybridized carbons (Fsp3) is 0.0909. The molecule has 0 saturated carbocycles. The van der Waals surface area contributed by atoms with Gasteiger partial charge in [-0.05, 0) is 56.5 Å². The lowest BCUT2D eigenvalue weighted by atomic mass is 10.3. The van der Waals surface area contributed by atoms with Gasteiger partial charge in [-0.15, -0.1) is 11.3 Å². The van der Waals surface area contributed by atoms with Crippen molar-refractivity contribution in [1.29, 1.82) is 0 Å². The summed E-state index contributed by atoms with van der Waals surface area (Å²) in [7, 11) is 0. The predicted molar refractivity (Wildman–Crippen MR) is 77.3 cm³/mol. The van der Waals surface area contributed by atoms with Crippen molar-refractivity contribution in [2.75, 3.05) is 0 Å². The predicted octanol–water partition coefficient (Wildman–Crippen LogP) is 4.52. The summed E-state index contributed by atoms with van der Waals surface area (Å²) in [5, 5.41) is 0. The molecule has 3 aromatic rings. The van der Waals surface area contributed by atoms with Gasteiger partial charge < -0.3 is 4.98 Å². The molecule has 0 fully saturated rings. The maximum absolute atomic E-state index is 4.48. The number of thiophene rings is 1. The Morgan fingerprint density at radius 3 is 2.82 bits per heavy atom. The number of pyridine rings is 1. The van der Waals surface area contributed by atoms with Crippen LogP contribution >= 0.6 is 43.2 Å². The third-order valence-corrected chi connectivity index (χ3v) is 5.62. The van der Waals surface area contributed by atoms with Crippen molar-refractivity contribution in [3.63, 3.8) is 0 Å². The lowest BCUT2D eigenvalue weighted by molar-refractivity contribution is 1.29. The molecule has 0 amide bonds. The molecule has 1 N–H and O–H groups in total. The van der Waals surface area contributed by atoms with E-state index in [9.17, 15) is 0 Å². The van der Waals surface area contributed by atoms with Crippen molar-refractivity contribution in [2.24, 2.45) is 0 Å². The highest BCUT2D eigenvalue weighted by atomic mass is 79.9. The molecule has 0 unspecified atom stereocenters. The molecule has 0 bridgehead atoms. The third-order valence-electron chi connectivity index (χ3n) is 2.35. The molecule has 0 aliphatic carbocycles. The van der Waals surface area contributed by atoms with E-state index in [-0.39, 0.29) is 0 Å². The minimum Gasteiger partial charge on any atom is -0.336 e. The molecule has 3 rings (SSSR count). The van der Waals surface area contributed by atoms with Gasteiger partial charge in [0.05, 0.1) is 14.2 Å². The Balaban J connectivity index is 2.17. The molecule has 0 saturated heterocycles. The first-order chi connectivity index (χ1) is 8.13. The van der Waals surface area contributed by atoms with E-state index in [2.05, 4.69) is 52.9 Å². The average Bonchev–Trinajstić information content (AvgIpc) is 2.83. The normalized spacial score (nSPS) is 11.2. The van der Waals surface area contributed by atoms with Gasteiger partial charge in [-0.1, -0.05) is 0 Å². The van der Waals surface area contributed by atoms with Gasteiger partial charge in [-0.25, -0.2) is 9.97 Å². The van der Waals surface area contributed by atoms with Crippen molar-refractivity contribution in [3.05, 3.63) is 32.2 Å². The van der Waals surface area contributed by atoms with Gasteiger partial charge in [-0.3, -0.25) is 0 Å². The van der Waals surface area contributed by atoms with Crippen molar-refractivity contribution in [1.82, 2.24) is 15.0 Å². The fourth-order valence-corrected chi connectivity index (χ4v) is 3.56. The molecule has 17 heavy (non-hydrogen) atoms. The largest absolute Gasteiger partial charge is 0.336 e. The smallest absolute Gasteiger partial charge is 0.178 e. The van der Waals surface area contributed by atoms with Crippen LogP contribution in [-0.2, 0) is 0 Å². The quantitative estimate of drug-likeness (QED) is 0.682. The Morgan fingerprint density at radius 2 is 2.12 bits per heavy atom. The fourth-order valence-electron chi connectivity index (χ4n) is 1.58. The number of nitrogens with zero attached hydrogens (tertiary/aromatic N) is 2. The summed E-state index contributed by atoms with van der Waals surface area (Å²) < 4.78 is 2.11. The van der Waals surface area contributed by atoms with Crippen LogP contribution in [0.25, 0.3) is 21.9 Å². The van der Waals surface area contributed by atoms with E-state index in [1.807, 2.05) is 19.2 Å². The maximum Gasteiger partial charge on any atom is 0.178 e. The van der Waals surface area contributed by atoms with Crippen LogP contribution in [0, 0.1) is 6.92 Å². The molecular formula is C11H7Br2N3S. The lowest BCUT2D eigenvalue weighted by Crippen LogP contribution is -1.77. The number of rotatable bonds is 1. The van der Waals surface area contributed by atoms with Crippen LogP contribution in [0.3, 0.4) is 0 Å². The van der Waals surface area contributed by atoms with E-state index < -0.39 is 0 Å². The topological polar surface area (TPSA) is 41.6 Å². The summed E-state index contributed by atoms with van der Waals surface area (Å²) >= 11 is 8.59. The molecule has 0 radical (unpaired) electrons. The summed E-state index contributed by atoms with van der Waals surface area (Å²) in [5.74, 6) is 0.856. The van der Waals surface area contributed by atoms with E-state index in [1.165, 1.54) is 0 Å². The Labute approximate surface area is 119 Å². The number of H-pyrrole nitrogens is 1. The van der Waals surface area contributed by atoms with Crippen molar-refractivity contribution in [2.45, 2.75) is 6.92 Å². The molecule has 6 heteroatoms. The second-order valence-electron chi connectivity index (χ2n) is 3.70. The summed E-state index contributed by atoms with van der Waals surface area (Å²) in [6.45, 7) is 2.02. The van der Waals surface area contributed by atoms with Crippen LogP contribution in [0.4, 0.5) is 0 Å². The van der Waals surface area contributed by atoms with Crippen LogP contribution in [0.5, 0.6) is 0 Å². The van der Waals surface area contributed by atoms with E-state index in [0.717, 1.165) is 35.7 Å². The van der Waals surface area contributed by atoms with Gasteiger partial charge in [-0.2, -0.15) is 0 Å². The Kier molecular flexibility index (Phi) is 2.80. The van der Waals surface area contributed by atoms with E-state index >= 15 is 0 Å². The van der Waals surface area contributed by atoms with Crippen LogP contribution in [0.1, 0.15) is 5.56 Å². The van der Waals surface area contributed by atoms with Crippen LogP contribution < -0.4 is 0 Å². The van der Waals surface area contributed by atoms with Crippen molar-refractivity contribution in [3.8, 4) is 10.7 Å². The zero-order valence-electron chi connectivity index (χ0n) is 8.79. The molecule has 0 spiro atoms. The number of hydrogen-bond acceptors (Lipinski definition) is 3. The standard InChI is InChI=1S/C11H7Br2N3S/c1-5-2-7-10(14-4-5)16-11(15-7)8-3-6(12)9(13)17-8/h2-4H,1H3,(H,14,15,16). The number of nitrogens with one attached hydrogen (secondary N) is 1.